The second kappa shape index (κ2) is 10.9. The number of rotatable bonds is 7. The SMILES string of the molecule is Cc1cc(C2C(c3ccccn3)NC(=S)N2c2ccc(Oc3ccccc3)cc2)c(C)n1-c1cccc(C(=O)O)c1. The lowest BCUT2D eigenvalue weighted by molar-refractivity contribution is 0.0697. The second-order valence-electron chi connectivity index (χ2n) is 9.92. The Hall–Kier alpha value is -4.95. The van der Waals surface area contributed by atoms with Gasteiger partial charge in [0.05, 0.1) is 23.3 Å². The van der Waals surface area contributed by atoms with Crippen molar-refractivity contribution in [1.29, 1.82) is 0 Å². The van der Waals surface area contributed by atoms with Gasteiger partial charge >= 0.3 is 5.97 Å². The van der Waals surface area contributed by atoms with Crippen LogP contribution in [0.15, 0.2) is 109 Å². The number of aryl methyl sites for hydroxylation is 1. The van der Waals surface area contributed by atoms with Crippen LogP contribution in [0.25, 0.3) is 5.69 Å². The molecule has 3 aromatic carbocycles. The average Bonchev–Trinajstić information content (AvgIpc) is 3.49. The maximum atomic E-state index is 11.7. The van der Waals surface area contributed by atoms with Crippen LogP contribution in [0.2, 0.25) is 0 Å². The molecule has 1 aliphatic heterocycles. The zero-order valence-corrected chi connectivity index (χ0v) is 23.4. The summed E-state index contributed by atoms with van der Waals surface area (Å²) in [7, 11) is 0. The minimum atomic E-state index is -0.957. The number of aromatic nitrogens is 2. The van der Waals surface area contributed by atoms with Gasteiger partial charge in [0.25, 0.3) is 0 Å². The third kappa shape index (κ3) is 5.05. The second-order valence-corrected chi connectivity index (χ2v) is 10.3. The van der Waals surface area contributed by atoms with Crippen LogP contribution in [-0.4, -0.2) is 25.7 Å². The highest BCUT2D eigenvalue weighted by Gasteiger charge is 2.42. The molecule has 2 atom stereocenters. The van der Waals surface area contributed by atoms with Crippen molar-refractivity contribution < 1.29 is 14.6 Å². The summed E-state index contributed by atoms with van der Waals surface area (Å²) in [6.45, 7) is 4.09. The highest BCUT2D eigenvalue weighted by molar-refractivity contribution is 7.80. The number of aromatic carboxylic acids is 1. The molecule has 7 nitrogen and oxygen atoms in total. The van der Waals surface area contributed by atoms with Crippen LogP contribution in [0, 0.1) is 13.8 Å². The van der Waals surface area contributed by atoms with Gasteiger partial charge in [0, 0.05) is 29.0 Å². The van der Waals surface area contributed by atoms with Gasteiger partial charge < -0.3 is 24.6 Å². The van der Waals surface area contributed by atoms with Gasteiger partial charge in [-0.15, -0.1) is 0 Å². The summed E-state index contributed by atoms with van der Waals surface area (Å²) in [6.07, 6.45) is 1.79. The zero-order chi connectivity index (χ0) is 28.5. The Labute approximate surface area is 243 Å². The number of hydrogen-bond acceptors (Lipinski definition) is 4. The normalized spacial score (nSPS) is 16.4. The van der Waals surface area contributed by atoms with E-state index in [0.29, 0.717) is 5.11 Å². The minimum Gasteiger partial charge on any atom is -0.478 e. The molecule has 0 saturated carbocycles. The number of carbonyl (C=O) groups is 1. The molecule has 5 aromatic rings. The first kappa shape index (κ1) is 26.3. The third-order valence-corrected chi connectivity index (χ3v) is 7.65. The van der Waals surface area contributed by atoms with E-state index in [1.54, 1.807) is 24.4 Å². The van der Waals surface area contributed by atoms with Crippen LogP contribution in [0.4, 0.5) is 5.69 Å². The Morgan fingerprint density at radius 1 is 0.878 bits per heavy atom. The first-order valence-electron chi connectivity index (χ1n) is 13.3. The van der Waals surface area contributed by atoms with Gasteiger partial charge in [0.15, 0.2) is 5.11 Å². The van der Waals surface area contributed by atoms with Crippen molar-refractivity contribution in [2.45, 2.75) is 25.9 Å². The molecule has 2 unspecified atom stereocenters. The van der Waals surface area contributed by atoms with Crippen LogP contribution in [0.1, 0.15) is 45.1 Å². The molecule has 204 valence electrons. The quantitative estimate of drug-likeness (QED) is 0.205. The summed E-state index contributed by atoms with van der Waals surface area (Å²) >= 11 is 5.92. The number of para-hydroxylation sites is 1. The number of benzene rings is 3. The summed E-state index contributed by atoms with van der Waals surface area (Å²) in [5.41, 5.74) is 5.89. The number of carboxylic acid groups (broad SMARTS) is 1. The van der Waals surface area contributed by atoms with Crippen molar-refractivity contribution >= 4 is 29.0 Å². The largest absolute Gasteiger partial charge is 0.478 e. The third-order valence-electron chi connectivity index (χ3n) is 7.33. The molecule has 0 aliphatic carbocycles. The minimum absolute atomic E-state index is 0.205. The molecule has 0 amide bonds. The van der Waals surface area contributed by atoms with E-state index in [9.17, 15) is 9.90 Å². The van der Waals surface area contributed by atoms with Gasteiger partial charge in [-0.05, 0) is 104 Å². The maximum Gasteiger partial charge on any atom is 0.335 e. The standard InChI is InChI=1S/C33H28N4O3S/c1-21-19-28(22(2)36(21)25-10-8-9-23(20-25)32(38)39)31-30(29-13-6-7-18-34-29)35-33(41)37(31)24-14-16-27(17-15-24)40-26-11-4-3-5-12-26/h3-20,30-31H,1-2H3,(H,35,41)(H,38,39). The Bertz CT molecular complexity index is 1720. The van der Waals surface area contributed by atoms with E-state index in [4.69, 9.17) is 17.0 Å². The molecule has 8 heteroatoms. The fourth-order valence-electron chi connectivity index (χ4n) is 5.51. The number of ether oxygens (including phenoxy) is 1. The zero-order valence-electron chi connectivity index (χ0n) is 22.6. The van der Waals surface area contributed by atoms with Crippen molar-refractivity contribution in [3.8, 4) is 17.2 Å². The molecule has 6 rings (SSSR count). The van der Waals surface area contributed by atoms with Crippen LogP contribution in [-0.2, 0) is 0 Å². The number of nitrogens with zero attached hydrogens (tertiary/aromatic N) is 3. The topological polar surface area (TPSA) is 79.6 Å². The molecule has 41 heavy (non-hydrogen) atoms. The van der Waals surface area contributed by atoms with Crippen molar-refractivity contribution in [1.82, 2.24) is 14.9 Å². The van der Waals surface area contributed by atoms with Gasteiger partial charge in [-0.3, -0.25) is 4.98 Å². The smallest absolute Gasteiger partial charge is 0.335 e. The Balaban J connectivity index is 1.42. The number of carboxylic acids is 1. The van der Waals surface area contributed by atoms with Crippen LogP contribution >= 0.6 is 12.2 Å². The summed E-state index contributed by atoms with van der Waals surface area (Å²) in [5.74, 6) is 0.541. The molecular formula is C33H28N4O3S. The highest BCUT2D eigenvalue weighted by atomic mass is 32.1. The van der Waals surface area contributed by atoms with Crippen LogP contribution < -0.4 is 15.0 Å². The fraction of sp³-hybridized carbons (Fsp3) is 0.121. The summed E-state index contributed by atoms with van der Waals surface area (Å²) in [4.78, 5) is 18.5. The molecule has 1 aliphatic rings. The first-order chi connectivity index (χ1) is 19.9. The van der Waals surface area contributed by atoms with Crippen LogP contribution in [0.3, 0.4) is 0 Å². The van der Waals surface area contributed by atoms with E-state index < -0.39 is 5.97 Å². The number of hydrogen-bond donors (Lipinski definition) is 2. The predicted octanol–water partition coefficient (Wildman–Crippen LogP) is 7.16. The molecule has 0 spiro atoms. The summed E-state index contributed by atoms with van der Waals surface area (Å²) in [6, 6.07) is 32.2. The fourth-order valence-corrected chi connectivity index (χ4v) is 5.86. The van der Waals surface area contributed by atoms with E-state index in [2.05, 4.69) is 32.8 Å². The molecule has 3 heterocycles. The Kier molecular flexibility index (Phi) is 6.99. The predicted molar refractivity (Wildman–Crippen MR) is 163 cm³/mol. The molecular weight excluding hydrogens is 532 g/mol. The van der Waals surface area contributed by atoms with Gasteiger partial charge in [0.1, 0.15) is 11.5 Å². The molecule has 1 saturated heterocycles. The van der Waals surface area contributed by atoms with Gasteiger partial charge in [-0.2, -0.15) is 0 Å². The molecule has 0 bridgehead atoms. The molecule has 2 aromatic heterocycles. The number of thiocarbonyl (C=S) groups is 1. The van der Waals surface area contributed by atoms with Gasteiger partial charge in [0.2, 0.25) is 0 Å². The van der Waals surface area contributed by atoms with E-state index in [1.807, 2.05) is 85.8 Å². The van der Waals surface area contributed by atoms with E-state index in [1.165, 1.54) is 0 Å². The van der Waals surface area contributed by atoms with Crippen molar-refractivity contribution in [2.75, 3.05) is 4.90 Å². The van der Waals surface area contributed by atoms with Gasteiger partial charge in [-0.1, -0.05) is 30.3 Å². The number of pyridine rings is 1. The molecule has 2 N–H and O–H groups in total. The monoisotopic (exact) mass is 560 g/mol. The van der Waals surface area contributed by atoms with Crippen molar-refractivity contribution in [3.05, 3.63) is 138 Å². The van der Waals surface area contributed by atoms with E-state index in [-0.39, 0.29) is 17.6 Å². The highest BCUT2D eigenvalue weighted by Crippen LogP contribution is 2.44. The lowest BCUT2D eigenvalue weighted by atomic mass is 9.96. The Morgan fingerprint density at radius 3 is 2.32 bits per heavy atom. The average molecular weight is 561 g/mol. The van der Waals surface area contributed by atoms with Crippen molar-refractivity contribution in [2.24, 2.45) is 0 Å². The summed E-state index contributed by atoms with van der Waals surface area (Å²) < 4.78 is 8.11. The van der Waals surface area contributed by atoms with Crippen molar-refractivity contribution in [3.63, 3.8) is 0 Å². The number of anilines is 1. The molecule has 0 radical (unpaired) electrons. The van der Waals surface area contributed by atoms with Gasteiger partial charge in [-0.25, -0.2) is 4.79 Å². The lowest BCUT2D eigenvalue weighted by Crippen LogP contribution is -2.29. The number of nitrogens with one attached hydrogen (secondary N) is 1. The summed E-state index contributed by atoms with van der Waals surface area (Å²) in [5, 5.41) is 13.7. The maximum absolute atomic E-state index is 11.7. The van der Waals surface area contributed by atoms with E-state index in [0.717, 1.165) is 45.5 Å². The lowest BCUT2D eigenvalue weighted by Gasteiger charge is -2.28. The first-order valence-corrected chi connectivity index (χ1v) is 13.7. The van der Waals surface area contributed by atoms with E-state index >= 15 is 0 Å². The Morgan fingerprint density at radius 2 is 1.61 bits per heavy atom. The van der Waals surface area contributed by atoms with Crippen LogP contribution in [0.5, 0.6) is 11.5 Å². The molecule has 1 fully saturated rings.